The average Bonchev–Trinajstić information content (AvgIpc) is 2.73. The van der Waals surface area contributed by atoms with Crippen molar-refractivity contribution in [2.75, 3.05) is 6.61 Å². The number of benzene rings is 1. The Hall–Kier alpha value is -1.48. The highest BCUT2D eigenvalue weighted by molar-refractivity contribution is 6.35. The maximum atomic E-state index is 11.7. The summed E-state index contributed by atoms with van der Waals surface area (Å²) in [5, 5.41) is 1.66. The van der Waals surface area contributed by atoms with Gasteiger partial charge in [0.2, 0.25) is 0 Å². The quantitative estimate of drug-likeness (QED) is 0.783. The molecule has 0 bridgehead atoms. The summed E-state index contributed by atoms with van der Waals surface area (Å²) >= 11 is 6.16. The minimum atomic E-state index is -0.368. The van der Waals surface area contributed by atoms with Crippen molar-refractivity contribution in [1.29, 1.82) is 0 Å². The van der Waals surface area contributed by atoms with Gasteiger partial charge in [0.25, 0.3) is 0 Å². The van der Waals surface area contributed by atoms with Crippen LogP contribution >= 0.6 is 11.6 Å². The third-order valence-corrected chi connectivity index (χ3v) is 3.04. The SMILES string of the molecule is CCOC(=O)C(C)n1ccc2cccc(Cl)c21. The van der Waals surface area contributed by atoms with Crippen LogP contribution in [-0.4, -0.2) is 17.1 Å². The van der Waals surface area contributed by atoms with Gasteiger partial charge >= 0.3 is 5.97 Å². The molecular formula is C13H14ClNO2. The molecule has 0 N–H and O–H groups in total. The Bertz CT molecular complexity index is 547. The molecule has 4 heteroatoms. The Labute approximate surface area is 105 Å². The molecule has 1 atom stereocenters. The predicted octanol–water partition coefficient (Wildman–Crippen LogP) is 3.42. The first kappa shape index (κ1) is 12.0. The Morgan fingerprint density at radius 1 is 1.47 bits per heavy atom. The van der Waals surface area contributed by atoms with E-state index in [0.717, 1.165) is 10.9 Å². The fraction of sp³-hybridized carbons (Fsp3) is 0.308. The fourth-order valence-corrected chi connectivity index (χ4v) is 2.15. The number of hydrogen-bond donors (Lipinski definition) is 0. The summed E-state index contributed by atoms with van der Waals surface area (Å²) in [5.74, 6) is -0.245. The second-order valence-electron chi connectivity index (χ2n) is 3.83. The first-order chi connectivity index (χ1) is 8.15. The second kappa shape index (κ2) is 4.80. The monoisotopic (exact) mass is 251 g/mol. The van der Waals surface area contributed by atoms with Crippen molar-refractivity contribution in [2.45, 2.75) is 19.9 Å². The zero-order valence-electron chi connectivity index (χ0n) is 9.81. The molecule has 2 rings (SSSR count). The molecular weight excluding hydrogens is 238 g/mol. The van der Waals surface area contributed by atoms with Crippen molar-refractivity contribution >= 4 is 28.5 Å². The molecule has 1 heterocycles. The second-order valence-corrected chi connectivity index (χ2v) is 4.24. The van der Waals surface area contributed by atoms with E-state index in [0.29, 0.717) is 11.6 Å². The van der Waals surface area contributed by atoms with E-state index in [2.05, 4.69) is 0 Å². The minimum Gasteiger partial charge on any atom is -0.464 e. The molecule has 0 spiro atoms. The molecule has 1 unspecified atom stereocenters. The van der Waals surface area contributed by atoms with Crippen LogP contribution in [0.2, 0.25) is 5.02 Å². The molecule has 0 saturated heterocycles. The highest BCUT2D eigenvalue weighted by Gasteiger charge is 2.18. The van der Waals surface area contributed by atoms with E-state index >= 15 is 0 Å². The van der Waals surface area contributed by atoms with Gasteiger partial charge in [0.05, 0.1) is 17.1 Å². The number of aromatic nitrogens is 1. The van der Waals surface area contributed by atoms with E-state index < -0.39 is 0 Å². The molecule has 0 radical (unpaired) electrons. The summed E-state index contributed by atoms with van der Waals surface area (Å²) in [5.41, 5.74) is 0.870. The minimum absolute atomic E-state index is 0.245. The lowest BCUT2D eigenvalue weighted by Crippen LogP contribution is -2.18. The third kappa shape index (κ3) is 2.15. The van der Waals surface area contributed by atoms with Gasteiger partial charge in [-0.25, -0.2) is 4.79 Å². The number of nitrogens with zero attached hydrogens (tertiary/aromatic N) is 1. The van der Waals surface area contributed by atoms with Crippen molar-refractivity contribution in [1.82, 2.24) is 4.57 Å². The lowest BCUT2D eigenvalue weighted by molar-refractivity contribution is -0.146. The summed E-state index contributed by atoms with van der Waals surface area (Å²) in [6.07, 6.45) is 1.86. The molecule has 0 aliphatic rings. The van der Waals surface area contributed by atoms with Crippen molar-refractivity contribution < 1.29 is 9.53 Å². The van der Waals surface area contributed by atoms with Crippen LogP contribution in [0.5, 0.6) is 0 Å². The van der Waals surface area contributed by atoms with Gasteiger partial charge in [-0.2, -0.15) is 0 Å². The number of para-hydroxylation sites is 1. The van der Waals surface area contributed by atoms with E-state index in [1.165, 1.54) is 0 Å². The molecule has 0 aliphatic carbocycles. The molecule has 1 aromatic heterocycles. The summed E-state index contributed by atoms with van der Waals surface area (Å²) in [6, 6.07) is 7.25. The fourth-order valence-electron chi connectivity index (χ4n) is 1.87. The van der Waals surface area contributed by atoms with Gasteiger partial charge in [-0.15, -0.1) is 0 Å². The van der Waals surface area contributed by atoms with E-state index in [9.17, 15) is 4.79 Å². The van der Waals surface area contributed by atoms with Crippen LogP contribution in [0.25, 0.3) is 10.9 Å². The Morgan fingerprint density at radius 3 is 2.94 bits per heavy atom. The number of ether oxygens (including phenoxy) is 1. The topological polar surface area (TPSA) is 31.2 Å². The Balaban J connectivity index is 2.45. The lowest BCUT2D eigenvalue weighted by Gasteiger charge is -2.14. The zero-order chi connectivity index (χ0) is 12.4. The first-order valence-corrected chi connectivity index (χ1v) is 5.94. The van der Waals surface area contributed by atoms with Crippen LogP contribution < -0.4 is 0 Å². The number of carbonyl (C=O) groups is 1. The number of carbonyl (C=O) groups excluding carboxylic acids is 1. The van der Waals surface area contributed by atoms with Crippen molar-refractivity contribution in [3.05, 3.63) is 35.5 Å². The Kier molecular flexibility index (Phi) is 3.38. The molecule has 0 saturated carbocycles. The van der Waals surface area contributed by atoms with Gasteiger partial charge < -0.3 is 9.30 Å². The van der Waals surface area contributed by atoms with Gasteiger partial charge in [-0.1, -0.05) is 23.7 Å². The number of fused-ring (bicyclic) bond motifs is 1. The first-order valence-electron chi connectivity index (χ1n) is 5.57. The predicted molar refractivity (Wildman–Crippen MR) is 68.3 cm³/mol. The third-order valence-electron chi connectivity index (χ3n) is 2.74. The van der Waals surface area contributed by atoms with Crippen LogP contribution in [0.3, 0.4) is 0 Å². The van der Waals surface area contributed by atoms with Crippen LogP contribution in [-0.2, 0) is 9.53 Å². The number of hydrogen-bond acceptors (Lipinski definition) is 2. The highest BCUT2D eigenvalue weighted by Crippen LogP contribution is 2.27. The summed E-state index contributed by atoms with van der Waals surface area (Å²) < 4.78 is 6.86. The highest BCUT2D eigenvalue weighted by atomic mass is 35.5. The lowest BCUT2D eigenvalue weighted by atomic mass is 10.2. The van der Waals surface area contributed by atoms with Crippen LogP contribution in [0.1, 0.15) is 19.9 Å². The van der Waals surface area contributed by atoms with E-state index in [1.807, 2.05) is 35.0 Å². The molecule has 2 aromatic rings. The molecule has 0 fully saturated rings. The van der Waals surface area contributed by atoms with Crippen molar-refractivity contribution in [3.63, 3.8) is 0 Å². The summed E-state index contributed by atoms with van der Waals surface area (Å²) in [4.78, 5) is 11.7. The molecule has 90 valence electrons. The summed E-state index contributed by atoms with van der Waals surface area (Å²) in [7, 11) is 0. The van der Waals surface area contributed by atoms with Gasteiger partial charge in [-0.05, 0) is 26.0 Å². The normalized spacial score (nSPS) is 12.6. The van der Waals surface area contributed by atoms with Gasteiger partial charge in [-0.3, -0.25) is 0 Å². The number of halogens is 1. The van der Waals surface area contributed by atoms with E-state index in [1.54, 1.807) is 13.8 Å². The Morgan fingerprint density at radius 2 is 2.24 bits per heavy atom. The van der Waals surface area contributed by atoms with Crippen molar-refractivity contribution in [3.8, 4) is 0 Å². The van der Waals surface area contributed by atoms with Gasteiger partial charge in [0.1, 0.15) is 6.04 Å². The zero-order valence-corrected chi connectivity index (χ0v) is 10.6. The van der Waals surface area contributed by atoms with Gasteiger partial charge in [0.15, 0.2) is 0 Å². The molecule has 17 heavy (non-hydrogen) atoms. The van der Waals surface area contributed by atoms with E-state index in [4.69, 9.17) is 16.3 Å². The summed E-state index contributed by atoms with van der Waals surface area (Å²) in [6.45, 7) is 3.99. The van der Waals surface area contributed by atoms with Crippen LogP contribution in [0, 0.1) is 0 Å². The van der Waals surface area contributed by atoms with Crippen molar-refractivity contribution in [2.24, 2.45) is 0 Å². The van der Waals surface area contributed by atoms with Crippen LogP contribution in [0.4, 0.5) is 0 Å². The molecule has 3 nitrogen and oxygen atoms in total. The molecule has 1 aromatic carbocycles. The standard InChI is InChI=1S/C13H14ClNO2/c1-3-17-13(16)9(2)15-8-7-10-5-4-6-11(14)12(10)15/h4-9H,3H2,1-2H3. The molecule has 0 amide bonds. The number of rotatable bonds is 3. The maximum Gasteiger partial charge on any atom is 0.328 e. The average molecular weight is 252 g/mol. The van der Waals surface area contributed by atoms with Gasteiger partial charge in [0, 0.05) is 11.6 Å². The molecule has 0 aliphatic heterocycles. The largest absolute Gasteiger partial charge is 0.464 e. The van der Waals surface area contributed by atoms with E-state index in [-0.39, 0.29) is 12.0 Å². The van der Waals surface area contributed by atoms with Crippen LogP contribution in [0.15, 0.2) is 30.5 Å². The number of esters is 1. The maximum absolute atomic E-state index is 11.7. The smallest absolute Gasteiger partial charge is 0.328 e.